The number of carbonyl (C=O) groups excluding carboxylic acids is 1. The average Bonchev–Trinajstić information content (AvgIpc) is 3.53. The summed E-state index contributed by atoms with van der Waals surface area (Å²) in [6.07, 6.45) is 3.71. The van der Waals surface area contributed by atoms with E-state index < -0.39 is 0 Å². The molecule has 1 fully saturated rings. The summed E-state index contributed by atoms with van der Waals surface area (Å²) < 4.78 is 2.23. The second-order valence-corrected chi connectivity index (χ2v) is 8.29. The quantitative estimate of drug-likeness (QED) is 0.474. The van der Waals surface area contributed by atoms with E-state index in [-0.39, 0.29) is 12.1 Å². The summed E-state index contributed by atoms with van der Waals surface area (Å²) in [6.45, 7) is 3.70. The predicted molar refractivity (Wildman–Crippen MR) is 121 cm³/mol. The van der Waals surface area contributed by atoms with E-state index in [0.717, 1.165) is 59.0 Å². The molecule has 4 aromatic rings. The lowest BCUT2D eigenvalue weighted by Gasteiger charge is -2.25. The molecule has 1 unspecified atom stereocenters. The zero-order valence-electron chi connectivity index (χ0n) is 16.8. The number of thiazole rings is 1. The Balaban J connectivity index is 1.37. The Labute approximate surface area is 179 Å². The zero-order valence-corrected chi connectivity index (χ0v) is 17.6. The number of anilines is 1. The molecule has 2 aromatic heterocycles. The molecule has 2 amide bonds. The van der Waals surface area contributed by atoms with Gasteiger partial charge in [0.05, 0.1) is 17.1 Å². The fourth-order valence-electron chi connectivity index (χ4n) is 4.22. The number of carbonyl (C=O) groups is 1. The van der Waals surface area contributed by atoms with Crippen LogP contribution >= 0.6 is 11.3 Å². The highest BCUT2D eigenvalue weighted by molar-refractivity contribution is 7.13. The van der Waals surface area contributed by atoms with Gasteiger partial charge in [0.15, 0.2) is 0 Å². The molecular weight excluding hydrogens is 394 g/mol. The van der Waals surface area contributed by atoms with Crippen LogP contribution in [-0.2, 0) is 6.54 Å². The first-order valence-corrected chi connectivity index (χ1v) is 11.2. The van der Waals surface area contributed by atoms with Crippen molar-refractivity contribution in [2.75, 3.05) is 11.9 Å². The molecule has 0 radical (unpaired) electrons. The van der Waals surface area contributed by atoms with E-state index >= 15 is 0 Å². The molecule has 7 heteroatoms. The highest BCUT2D eigenvalue weighted by Crippen LogP contribution is 2.34. The number of amides is 2. The van der Waals surface area contributed by atoms with Crippen LogP contribution in [0, 0.1) is 0 Å². The van der Waals surface area contributed by atoms with Crippen molar-refractivity contribution in [1.82, 2.24) is 19.4 Å². The Morgan fingerprint density at radius 2 is 2.03 bits per heavy atom. The number of rotatable bonds is 4. The minimum atomic E-state index is -0.0748. The van der Waals surface area contributed by atoms with Crippen LogP contribution < -0.4 is 5.32 Å². The van der Waals surface area contributed by atoms with Crippen molar-refractivity contribution in [2.45, 2.75) is 32.4 Å². The van der Waals surface area contributed by atoms with Crippen LogP contribution in [0.4, 0.5) is 10.5 Å². The van der Waals surface area contributed by atoms with E-state index in [1.165, 1.54) is 0 Å². The van der Waals surface area contributed by atoms with Crippen LogP contribution in [0.5, 0.6) is 0 Å². The number of urea groups is 1. The van der Waals surface area contributed by atoms with Gasteiger partial charge in [-0.1, -0.05) is 12.1 Å². The Hall–Kier alpha value is -3.19. The lowest BCUT2D eigenvalue weighted by molar-refractivity contribution is 0.204. The highest BCUT2D eigenvalue weighted by atomic mass is 32.1. The maximum atomic E-state index is 13.1. The van der Waals surface area contributed by atoms with Crippen LogP contribution in [0.15, 0.2) is 60.1 Å². The zero-order chi connectivity index (χ0) is 20.5. The lowest BCUT2D eigenvalue weighted by atomic mass is 10.2. The largest absolute Gasteiger partial charge is 0.327 e. The third-order valence-electron chi connectivity index (χ3n) is 5.63. The minimum Gasteiger partial charge on any atom is -0.327 e. The van der Waals surface area contributed by atoms with Crippen molar-refractivity contribution >= 4 is 34.1 Å². The SMILES string of the molecule is CCn1c(C2CCCN2C(=O)Nc2ccc(-c3nccs3)cc2)nc2ccccc21. The topological polar surface area (TPSA) is 63.1 Å². The first kappa shape index (κ1) is 18.8. The van der Waals surface area contributed by atoms with E-state index in [0.29, 0.717) is 0 Å². The maximum absolute atomic E-state index is 13.1. The summed E-state index contributed by atoms with van der Waals surface area (Å²) >= 11 is 1.60. The van der Waals surface area contributed by atoms with E-state index in [1.807, 2.05) is 52.7 Å². The number of para-hydroxylation sites is 2. The predicted octanol–water partition coefficient (Wildman–Crippen LogP) is 5.55. The number of hydrogen-bond donors (Lipinski definition) is 1. The van der Waals surface area contributed by atoms with Gasteiger partial charge >= 0.3 is 6.03 Å². The molecule has 2 aromatic carbocycles. The monoisotopic (exact) mass is 417 g/mol. The molecule has 1 atom stereocenters. The van der Waals surface area contributed by atoms with Crippen molar-refractivity contribution in [1.29, 1.82) is 0 Å². The first-order chi connectivity index (χ1) is 14.7. The van der Waals surface area contributed by atoms with Gasteiger partial charge in [-0.15, -0.1) is 11.3 Å². The van der Waals surface area contributed by atoms with Gasteiger partial charge in [0.2, 0.25) is 0 Å². The fourth-order valence-corrected chi connectivity index (χ4v) is 4.86. The second kappa shape index (κ2) is 7.91. The number of aryl methyl sites for hydroxylation is 1. The molecule has 0 spiro atoms. The molecule has 1 saturated heterocycles. The standard InChI is InChI=1S/C23H23N5OS/c1-2-27-19-7-4-3-6-18(19)26-21(27)20-8-5-14-28(20)23(29)25-17-11-9-16(10-12-17)22-24-13-15-30-22/h3-4,6-7,9-13,15,20H,2,5,8,14H2,1H3,(H,25,29). The van der Waals surface area contributed by atoms with Gasteiger partial charge in [0, 0.05) is 35.9 Å². The van der Waals surface area contributed by atoms with Gasteiger partial charge in [-0.25, -0.2) is 14.8 Å². The first-order valence-electron chi connectivity index (χ1n) is 10.3. The summed E-state index contributed by atoms with van der Waals surface area (Å²) in [5.74, 6) is 0.977. The molecule has 1 N–H and O–H groups in total. The van der Waals surface area contributed by atoms with E-state index in [2.05, 4.69) is 27.9 Å². The van der Waals surface area contributed by atoms with Crippen LogP contribution in [-0.4, -0.2) is 32.0 Å². The number of aromatic nitrogens is 3. The number of benzene rings is 2. The molecule has 30 heavy (non-hydrogen) atoms. The smallest absolute Gasteiger partial charge is 0.322 e. The van der Waals surface area contributed by atoms with Crippen LogP contribution in [0.2, 0.25) is 0 Å². The maximum Gasteiger partial charge on any atom is 0.322 e. The Morgan fingerprint density at radius 3 is 2.80 bits per heavy atom. The number of nitrogens with zero attached hydrogens (tertiary/aromatic N) is 4. The van der Waals surface area contributed by atoms with Gasteiger partial charge in [0.1, 0.15) is 10.8 Å². The van der Waals surface area contributed by atoms with Crippen molar-refractivity contribution in [3.05, 3.63) is 65.9 Å². The minimum absolute atomic E-state index is 0.00746. The summed E-state index contributed by atoms with van der Waals surface area (Å²) in [5, 5.41) is 6.00. The molecule has 152 valence electrons. The van der Waals surface area contributed by atoms with E-state index in [1.54, 1.807) is 17.5 Å². The van der Waals surface area contributed by atoms with Crippen molar-refractivity contribution < 1.29 is 4.79 Å². The number of imidazole rings is 1. The third-order valence-corrected chi connectivity index (χ3v) is 6.45. The number of nitrogens with one attached hydrogen (secondary N) is 1. The summed E-state index contributed by atoms with van der Waals surface area (Å²) in [7, 11) is 0. The molecule has 6 nitrogen and oxygen atoms in total. The average molecular weight is 418 g/mol. The number of likely N-dealkylation sites (tertiary alicyclic amines) is 1. The van der Waals surface area contributed by atoms with Crippen molar-refractivity contribution in [2.24, 2.45) is 0 Å². The normalized spacial score (nSPS) is 16.3. The Morgan fingerprint density at radius 1 is 1.20 bits per heavy atom. The molecule has 1 aliphatic heterocycles. The van der Waals surface area contributed by atoms with Crippen LogP contribution in [0.1, 0.15) is 31.6 Å². The van der Waals surface area contributed by atoms with E-state index in [9.17, 15) is 4.79 Å². The molecule has 1 aliphatic rings. The summed E-state index contributed by atoms with van der Waals surface area (Å²) in [6, 6.07) is 15.9. The molecule has 0 aliphatic carbocycles. The van der Waals surface area contributed by atoms with Crippen LogP contribution in [0.25, 0.3) is 21.6 Å². The highest BCUT2D eigenvalue weighted by Gasteiger charge is 2.33. The summed E-state index contributed by atoms with van der Waals surface area (Å²) in [4.78, 5) is 24.2. The molecule has 0 saturated carbocycles. The number of hydrogen-bond acceptors (Lipinski definition) is 4. The van der Waals surface area contributed by atoms with Crippen LogP contribution in [0.3, 0.4) is 0 Å². The molecule has 0 bridgehead atoms. The van der Waals surface area contributed by atoms with Gasteiger partial charge in [0.25, 0.3) is 0 Å². The molecular formula is C23H23N5OS. The molecule has 3 heterocycles. The second-order valence-electron chi connectivity index (χ2n) is 7.40. The van der Waals surface area contributed by atoms with Gasteiger partial charge < -0.3 is 14.8 Å². The Kier molecular flexibility index (Phi) is 4.96. The fraction of sp³-hybridized carbons (Fsp3) is 0.261. The third kappa shape index (κ3) is 3.35. The van der Waals surface area contributed by atoms with Gasteiger partial charge in [-0.3, -0.25) is 0 Å². The van der Waals surface area contributed by atoms with Gasteiger partial charge in [-0.05, 0) is 56.2 Å². The van der Waals surface area contributed by atoms with Crippen molar-refractivity contribution in [3.8, 4) is 10.6 Å². The summed E-state index contributed by atoms with van der Waals surface area (Å²) in [5.41, 5.74) is 3.95. The van der Waals surface area contributed by atoms with Crippen molar-refractivity contribution in [3.63, 3.8) is 0 Å². The van der Waals surface area contributed by atoms with Gasteiger partial charge in [-0.2, -0.15) is 0 Å². The molecule has 5 rings (SSSR count). The van der Waals surface area contributed by atoms with E-state index in [4.69, 9.17) is 4.98 Å². The number of fused-ring (bicyclic) bond motifs is 1. The Bertz CT molecular complexity index is 1170. The lowest BCUT2D eigenvalue weighted by Crippen LogP contribution is -2.35.